The molecule has 0 fully saturated rings. The summed E-state index contributed by atoms with van der Waals surface area (Å²) in [6.07, 6.45) is -2.37. The average molecular weight is 262 g/mol. The van der Waals surface area contributed by atoms with E-state index in [0.29, 0.717) is 5.56 Å². The minimum atomic E-state index is -2.37. The Morgan fingerprint density at radius 2 is 1.79 bits per heavy atom. The Balaban J connectivity index is 2.69. The molecular formula is C15H15FO3. The van der Waals surface area contributed by atoms with E-state index >= 15 is 0 Å². The number of carbonyl (C=O) groups is 2. The Hall–Kier alpha value is -2.15. The summed E-state index contributed by atoms with van der Waals surface area (Å²) in [6.45, 7) is 4.78. The first-order valence-electron chi connectivity index (χ1n) is 5.77. The summed E-state index contributed by atoms with van der Waals surface area (Å²) in [5.74, 6) is 2.29. The highest BCUT2D eigenvalue weighted by Gasteiger charge is 2.29. The van der Waals surface area contributed by atoms with Crippen LogP contribution in [-0.2, 0) is 14.3 Å². The van der Waals surface area contributed by atoms with E-state index in [0.717, 1.165) is 0 Å². The molecule has 19 heavy (non-hydrogen) atoms. The first kappa shape index (κ1) is 14.9. The molecule has 0 amide bonds. The Labute approximate surface area is 111 Å². The van der Waals surface area contributed by atoms with Crippen LogP contribution in [0.1, 0.15) is 26.3 Å². The maximum Gasteiger partial charge on any atom is 0.350 e. The van der Waals surface area contributed by atoms with Crippen molar-refractivity contribution in [3.63, 3.8) is 0 Å². The Morgan fingerprint density at radius 1 is 1.21 bits per heavy atom. The number of hydrogen-bond acceptors (Lipinski definition) is 3. The van der Waals surface area contributed by atoms with Gasteiger partial charge in [-0.15, -0.1) is 0 Å². The number of ketones is 1. The smallest absolute Gasteiger partial charge is 0.350 e. The number of benzene rings is 1. The standard InChI is InChI=1S/C15H15FO3/c1-15(2,3)19-14(18)13(16)12(17)10-9-11-7-5-4-6-8-11/h4-8,13H,1-3H3. The lowest BCUT2D eigenvalue weighted by Crippen LogP contribution is -2.33. The van der Waals surface area contributed by atoms with Crippen molar-refractivity contribution < 1.29 is 18.7 Å². The van der Waals surface area contributed by atoms with Crippen molar-refractivity contribution in [2.75, 3.05) is 0 Å². The molecule has 1 unspecified atom stereocenters. The molecule has 0 aromatic heterocycles. The Kier molecular flexibility index (Phi) is 4.82. The lowest BCUT2D eigenvalue weighted by Gasteiger charge is -2.19. The van der Waals surface area contributed by atoms with Crippen LogP contribution < -0.4 is 0 Å². The molecule has 0 aliphatic heterocycles. The molecule has 0 saturated carbocycles. The fourth-order valence-electron chi connectivity index (χ4n) is 1.18. The summed E-state index contributed by atoms with van der Waals surface area (Å²) in [5, 5.41) is 0. The lowest BCUT2D eigenvalue weighted by atomic mass is 10.1. The van der Waals surface area contributed by atoms with Gasteiger partial charge in [-0.2, -0.15) is 0 Å². The Bertz CT molecular complexity index is 518. The molecule has 1 atom stereocenters. The molecule has 100 valence electrons. The van der Waals surface area contributed by atoms with Crippen LogP contribution in [0.4, 0.5) is 4.39 Å². The van der Waals surface area contributed by atoms with Gasteiger partial charge >= 0.3 is 5.97 Å². The zero-order valence-corrected chi connectivity index (χ0v) is 11.1. The van der Waals surface area contributed by atoms with E-state index in [1.165, 1.54) is 0 Å². The zero-order valence-electron chi connectivity index (χ0n) is 11.1. The van der Waals surface area contributed by atoms with Crippen molar-refractivity contribution in [1.82, 2.24) is 0 Å². The van der Waals surface area contributed by atoms with E-state index in [2.05, 4.69) is 11.8 Å². The topological polar surface area (TPSA) is 43.4 Å². The van der Waals surface area contributed by atoms with Crippen molar-refractivity contribution in [2.24, 2.45) is 0 Å². The molecule has 0 saturated heterocycles. The maximum atomic E-state index is 13.5. The van der Waals surface area contributed by atoms with Crippen molar-refractivity contribution >= 4 is 11.8 Å². The highest BCUT2D eigenvalue weighted by atomic mass is 19.1. The monoisotopic (exact) mass is 262 g/mol. The number of rotatable bonds is 2. The van der Waals surface area contributed by atoms with Crippen LogP contribution in [0.5, 0.6) is 0 Å². The van der Waals surface area contributed by atoms with Gasteiger partial charge in [-0.05, 0) is 38.8 Å². The molecule has 1 aromatic carbocycles. The number of ether oxygens (including phenoxy) is 1. The quantitative estimate of drug-likeness (QED) is 0.466. The van der Waals surface area contributed by atoms with E-state index in [1.54, 1.807) is 51.1 Å². The van der Waals surface area contributed by atoms with E-state index in [4.69, 9.17) is 4.74 Å². The number of halogens is 1. The lowest BCUT2D eigenvalue weighted by molar-refractivity contribution is -0.162. The first-order chi connectivity index (χ1) is 8.79. The highest BCUT2D eigenvalue weighted by Crippen LogP contribution is 2.10. The maximum absolute atomic E-state index is 13.5. The molecule has 3 nitrogen and oxygen atoms in total. The van der Waals surface area contributed by atoms with Crippen molar-refractivity contribution in [1.29, 1.82) is 0 Å². The van der Waals surface area contributed by atoms with Gasteiger partial charge < -0.3 is 4.74 Å². The second-order valence-corrected chi connectivity index (χ2v) is 4.88. The first-order valence-corrected chi connectivity index (χ1v) is 5.77. The van der Waals surface area contributed by atoms with Gasteiger partial charge in [-0.1, -0.05) is 24.1 Å². The van der Waals surface area contributed by atoms with Gasteiger partial charge in [0.05, 0.1) is 0 Å². The molecule has 0 aliphatic rings. The minimum absolute atomic E-state index is 0.576. The molecular weight excluding hydrogens is 247 g/mol. The summed E-state index contributed by atoms with van der Waals surface area (Å²) in [7, 11) is 0. The van der Waals surface area contributed by atoms with Crippen LogP contribution in [0.3, 0.4) is 0 Å². The van der Waals surface area contributed by atoms with Gasteiger partial charge in [0.25, 0.3) is 12.0 Å². The third-order valence-corrected chi connectivity index (χ3v) is 1.95. The average Bonchev–Trinajstić information content (AvgIpc) is 2.34. The van der Waals surface area contributed by atoms with Crippen LogP contribution >= 0.6 is 0 Å². The molecule has 0 radical (unpaired) electrons. The Morgan fingerprint density at radius 3 is 2.32 bits per heavy atom. The van der Waals surface area contributed by atoms with Gasteiger partial charge in [-0.3, -0.25) is 4.79 Å². The number of carbonyl (C=O) groups excluding carboxylic acids is 2. The van der Waals surface area contributed by atoms with Crippen LogP contribution in [0.2, 0.25) is 0 Å². The van der Waals surface area contributed by atoms with Crippen LogP contribution in [0.15, 0.2) is 30.3 Å². The minimum Gasteiger partial charge on any atom is -0.457 e. The number of alkyl halides is 1. The summed E-state index contributed by atoms with van der Waals surface area (Å²) in [4.78, 5) is 22.7. The second-order valence-electron chi connectivity index (χ2n) is 4.88. The summed E-state index contributed by atoms with van der Waals surface area (Å²) < 4.78 is 18.3. The van der Waals surface area contributed by atoms with E-state index < -0.39 is 23.5 Å². The van der Waals surface area contributed by atoms with E-state index in [-0.39, 0.29) is 0 Å². The SMILES string of the molecule is CC(C)(C)OC(=O)C(F)C(=O)C#Cc1ccccc1. The number of Topliss-reactive ketones (excluding diaryl/α,β-unsaturated/α-hetero) is 1. The molecule has 0 aliphatic carbocycles. The molecule has 1 rings (SSSR count). The number of esters is 1. The van der Waals surface area contributed by atoms with Gasteiger partial charge in [0.2, 0.25) is 0 Å². The van der Waals surface area contributed by atoms with Gasteiger partial charge in [-0.25, -0.2) is 9.18 Å². The third-order valence-electron chi connectivity index (χ3n) is 1.95. The van der Waals surface area contributed by atoms with E-state index in [1.807, 2.05) is 0 Å². The normalized spacial score (nSPS) is 12.0. The summed E-state index contributed by atoms with van der Waals surface area (Å²) >= 11 is 0. The van der Waals surface area contributed by atoms with Crippen molar-refractivity contribution in [3.8, 4) is 11.8 Å². The summed E-state index contributed by atoms with van der Waals surface area (Å²) in [5.41, 5.74) is -0.263. The van der Waals surface area contributed by atoms with Crippen molar-refractivity contribution in [2.45, 2.75) is 32.5 Å². The molecule has 4 heteroatoms. The van der Waals surface area contributed by atoms with Crippen LogP contribution in [0.25, 0.3) is 0 Å². The molecule has 1 aromatic rings. The molecule has 0 heterocycles. The van der Waals surface area contributed by atoms with Gasteiger partial charge in [0.1, 0.15) is 5.60 Å². The van der Waals surface area contributed by atoms with Gasteiger partial charge in [0, 0.05) is 5.56 Å². The van der Waals surface area contributed by atoms with Gasteiger partial charge in [0.15, 0.2) is 0 Å². The summed E-state index contributed by atoms with van der Waals surface area (Å²) in [6, 6.07) is 8.65. The fraction of sp³-hybridized carbons (Fsp3) is 0.333. The zero-order chi connectivity index (χ0) is 14.5. The predicted octanol–water partition coefficient (Wildman–Crippen LogP) is 2.29. The van der Waals surface area contributed by atoms with Crippen LogP contribution in [-0.4, -0.2) is 23.5 Å². The highest BCUT2D eigenvalue weighted by molar-refractivity contribution is 6.11. The van der Waals surface area contributed by atoms with E-state index in [9.17, 15) is 14.0 Å². The number of hydrogen-bond donors (Lipinski definition) is 0. The van der Waals surface area contributed by atoms with Crippen molar-refractivity contribution in [3.05, 3.63) is 35.9 Å². The largest absolute Gasteiger partial charge is 0.457 e. The molecule has 0 bridgehead atoms. The molecule has 0 N–H and O–H groups in total. The van der Waals surface area contributed by atoms with Crippen LogP contribution in [0, 0.1) is 11.8 Å². The fourth-order valence-corrected chi connectivity index (χ4v) is 1.18. The second kappa shape index (κ2) is 6.14. The molecule has 0 spiro atoms. The third kappa shape index (κ3) is 5.35. The predicted molar refractivity (Wildman–Crippen MR) is 69.1 cm³/mol.